The fourth-order valence-corrected chi connectivity index (χ4v) is 2.00. The van der Waals surface area contributed by atoms with Gasteiger partial charge in [-0.25, -0.2) is 0 Å². The van der Waals surface area contributed by atoms with Crippen LogP contribution in [-0.2, 0) is 0 Å². The van der Waals surface area contributed by atoms with Crippen LogP contribution < -0.4 is 16.6 Å². The van der Waals surface area contributed by atoms with Gasteiger partial charge in [0.25, 0.3) is 11.5 Å². The van der Waals surface area contributed by atoms with E-state index in [0.717, 1.165) is 6.42 Å². The standard InChI is InChI=1S/C12H18BrN3O2/c1-7(2)3-9(5-14)16-11(17)8-4-10(13)12(18)15-6-8/h4,6-7,9H,3,5,14H2,1-2H3,(H,15,18)(H,16,17). The second-order valence-corrected chi connectivity index (χ2v) is 5.46. The Bertz CT molecular complexity index is 471. The first-order valence-corrected chi connectivity index (χ1v) is 6.62. The van der Waals surface area contributed by atoms with Crippen LogP contribution in [0.3, 0.4) is 0 Å². The number of aromatic amines is 1. The molecule has 5 nitrogen and oxygen atoms in total. The lowest BCUT2D eigenvalue weighted by Gasteiger charge is -2.18. The van der Waals surface area contributed by atoms with Crippen LogP contribution in [0.25, 0.3) is 0 Å². The summed E-state index contributed by atoms with van der Waals surface area (Å²) in [6, 6.07) is 1.44. The van der Waals surface area contributed by atoms with Crippen molar-refractivity contribution in [2.45, 2.75) is 26.3 Å². The highest BCUT2D eigenvalue weighted by atomic mass is 79.9. The lowest BCUT2D eigenvalue weighted by atomic mass is 10.0. The third kappa shape index (κ3) is 4.27. The van der Waals surface area contributed by atoms with E-state index < -0.39 is 0 Å². The van der Waals surface area contributed by atoms with Crippen molar-refractivity contribution in [1.82, 2.24) is 10.3 Å². The molecule has 6 heteroatoms. The van der Waals surface area contributed by atoms with Gasteiger partial charge < -0.3 is 16.0 Å². The minimum absolute atomic E-state index is 0.0526. The van der Waals surface area contributed by atoms with Crippen LogP contribution in [0, 0.1) is 5.92 Å². The number of carbonyl (C=O) groups excluding carboxylic acids is 1. The molecule has 0 saturated heterocycles. The molecule has 100 valence electrons. The zero-order valence-corrected chi connectivity index (χ0v) is 12.1. The van der Waals surface area contributed by atoms with E-state index in [0.29, 0.717) is 22.5 Å². The maximum Gasteiger partial charge on any atom is 0.262 e. The topological polar surface area (TPSA) is 88.0 Å². The maximum atomic E-state index is 11.9. The summed E-state index contributed by atoms with van der Waals surface area (Å²) >= 11 is 3.09. The highest BCUT2D eigenvalue weighted by Crippen LogP contribution is 2.07. The zero-order valence-electron chi connectivity index (χ0n) is 10.5. The van der Waals surface area contributed by atoms with Crippen molar-refractivity contribution in [1.29, 1.82) is 0 Å². The predicted molar refractivity (Wildman–Crippen MR) is 74.5 cm³/mol. The molecule has 0 radical (unpaired) electrons. The van der Waals surface area contributed by atoms with Crippen LogP contribution in [0.4, 0.5) is 0 Å². The number of pyridine rings is 1. The highest BCUT2D eigenvalue weighted by molar-refractivity contribution is 9.10. The third-order valence-electron chi connectivity index (χ3n) is 2.50. The molecule has 1 aromatic rings. The minimum atomic E-state index is -0.260. The molecule has 18 heavy (non-hydrogen) atoms. The summed E-state index contributed by atoms with van der Waals surface area (Å²) in [5, 5.41) is 2.85. The Morgan fingerprint density at radius 2 is 2.22 bits per heavy atom. The number of rotatable bonds is 5. The van der Waals surface area contributed by atoms with Crippen LogP contribution in [0.5, 0.6) is 0 Å². The van der Waals surface area contributed by atoms with E-state index >= 15 is 0 Å². The average Bonchev–Trinajstić information content (AvgIpc) is 2.31. The summed E-state index contributed by atoms with van der Waals surface area (Å²) < 4.78 is 0.336. The van der Waals surface area contributed by atoms with Gasteiger partial charge in [-0.3, -0.25) is 9.59 Å². The molecule has 0 fully saturated rings. The van der Waals surface area contributed by atoms with Gasteiger partial charge in [-0.1, -0.05) is 13.8 Å². The van der Waals surface area contributed by atoms with Crippen LogP contribution in [0.1, 0.15) is 30.6 Å². The monoisotopic (exact) mass is 315 g/mol. The first-order valence-electron chi connectivity index (χ1n) is 5.83. The van der Waals surface area contributed by atoms with Crippen molar-refractivity contribution in [3.8, 4) is 0 Å². The third-order valence-corrected chi connectivity index (χ3v) is 3.08. The SMILES string of the molecule is CC(C)CC(CN)NC(=O)c1c[nH]c(=O)c(Br)c1. The number of halogens is 1. The van der Waals surface area contributed by atoms with Crippen molar-refractivity contribution in [3.05, 3.63) is 32.7 Å². The fourth-order valence-electron chi connectivity index (χ4n) is 1.64. The van der Waals surface area contributed by atoms with Crippen molar-refractivity contribution >= 4 is 21.8 Å². The molecule has 0 saturated carbocycles. The molecule has 1 heterocycles. The Labute approximate surface area is 114 Å². The number of H-pyrrole nitrogens is 1. The molecule has 1 atom stereocenters. The maximum absolute atomic E-state index is 11.9. The smallest absolute Gasteiger partial charge is 0.262 e. The number of nitrogens with two attached hydrogens (primary N) is 1. The van der Waals surface area contributed by atoms with Gasteiger partial charge in [-0.2, -0.15) is 0 Å². The zero-order chi connectivity index (χ0) is 13.7. The Balaban J connectivity index is 2.74. The highest BCUT2D eigenvalue weighted by Gasteiger charge is 2.14. The van der Waals surface area contributed by atoms with Crippen molar-refractivity contribution in [2.24, 2.45) is 11.7 Å². The molecular formula is C12H18BrN3O2. The Morgan fingerprint density at radius 1 is 1.56 bits per heavy atom. The molecule has 1 rings (SSSR count). The van der Waals surface area contributed by atoms with Crippen LogP contribution in [0.2, 0.25) is 0 Å². The molecule has 1 amide bonds. The molecule has 0 aliphatic rings. The average molecular weight is 316 g/mol. The summed E-state index contributed by atoms with van der Waals surface area (Å²) in [4.78, 5) is 25.6. The van der Waals surface area contributed by atoms with E-state index in [1.165, 1.54) is 12.3 Å². The number of nitrogens with one attached hydrogen (secondary N) is 2. The van der Waals surface area contributed by atoms with E-state index in [1.807, 2.05) is 0 Å². The number of amides is 1. The van der Waals surface area contributed by atoms with Gasteiger partial charge in [0.2, 0.25) is 0 Å². The predicted octanol–water partition coefficient (Wildman–Crippen LogP) is 1.24. The molecule has 0 spiro atoms. The Kier molecular flexibility index (Phi) is 5.55. The van der Waals surface area contributed by atoms with Crippen LogP contribution in [0.15, 0.2) is 21.5 Å². The van der Waals surface area contributed by atoms with Gasteiger partial charge in [0.15, 0.2) is 0 Å². The quantitative estimate of drug-likeness (QED) is 0.764. The lowest BCUT2D eigenvalue weighted by Crippen LogP contribution is -2.41. The molecule has 1 aromatic heterocycles. The van der Waals surface area contributed by atoms with Gasteiger partial charge >= 0.3 is 0 Å². The minimum Gasteiger partial charge on any atom is -0.348 e. The van der Waals surface area contributed by atoms with E-state index in [-0.39, 0.29) is 17.5 Å². The molecule has 0 aliphatic heterocycles. The number of carbonyl (C=O) groups is 1. The van der Waals surface area contributed by atoms with Gasteiger partial charge in [-0.15, -0.1) is 0 Å². The summed E-state index contributed by atoms with van der Waals surface area (Å²) in [7, 11) is 0. The second kappa shape index (κ2) is 6.70. The number of hydrogen-bond acceptors (Lipinski definition) is 3. The number of hydrogen-bond donors (Lipinski definition) is 3. The van der Waals surface area contributed by atoms with Crippen molar-refractivity contribution in [2.75, 3.05) is 6.54 Å². The Morgan fingerprint density at radius 3 is 2.72 bits per heavy atom. The van der Waals surface area contributed by atoms with E-state index in [4.69, 9.17) is 5.73 Å². The van der Waals surface area contributed by atoms with Gasteiger partial charge in [-0.05, 0) is 34.3 Å². The van der Waals surface area contributed by atoms with Gasteiger partial charge in [0, 0.05) is 18.8 Å². The Hall–Kier alpha value is -1.14. The van der Waals surface area contributed by atoms with Gasteiger partial charge in [0.1, 0.15) is 0 Å². The molecule has 0 aliphatic carbocycles. The first kappa shape index (κ1) is 14.9. The molecule has 1 unspecified atom stereocenters. The van der Waals surface area contributed by atoms with E-state index in [2.05, 4.69) is 40.1 Å². The molecule has 0 bridgehead atoms. The number of aromatic nitrogens is 1. The largest absolute Gasteiger partial charge is 0.348 e. The van der Waals surface area contributed by atoms with Crippen LogP contribution >= 0.6 is 15.9 Å². The molecular weight excluding hydrogens is 298 g/mol. The van der Waals surface area contributed by atoms with E-state index in [9.17, 15) is 9.59 Å². The summed E-state index contributed by atoms with van der Waals surface area (Å²) in [6.45, 7) is 4.55. The first-order chi connectivity index (χ1) is 8.43. The molecule has 0 aromatic carbocycles. The normalized spacial score (nSPS) is 12.5. The summed E-state index contributed by atoms with van der Waals surface area (Å²) in [6.07, 6.45) is 2.22. The van der Waals surface area contributed by atoms with Crippen LogP contribution in [-0.4, -0.2) is 23.5 Å². The lowest BCUT2D eigenvalue weighted by molar-refractivity contribution is 0.0933. The fraction of sp³-hybridized carbons (Fsp3) is 0.500. The van der Waals surface area contributed by atoms with Gasteiger partial charge in [0.05, 0.1) is 10.0 Å². The van der Waals surface area contributed by atoms with Crippen molar-refractivity contribution < 1.29 is 4.79 Å². The summed E-state index contributed by atoms with van der Waals surface area (Å²) in [5.41, 5.74) is 5.77. The van der Waals surface area contributed by atoms with Crippen molar-refractivity contribution in [3.63, 3.8) is 0 Å². The molecule has 4 N–H and O–H groups in total. The summed E-state index contributed by atoms with van der Waals surface area (Å²) in [5.74, 6) is 0.226. The second-order valence-electron chi connectivity index (χ2n) is 4.60. The van der Waals surface area contributed by atoms with E-state index in [1.54, 1.807) is 0 Å².